The van der Waals surface area contributed by atoms with Crippen LogP contribution >= 0.6 is 22.9 Å². The van der Waals surface area contributed by atoms with Crippen molar-refractivity contribution in [2.75, 3.05) is 35.2 Å². The predicted octanol–water partition coefficient (Wildman–Crippen LogP) is 4.32. The Labute approximate surface area is 237 Å². The molecule has 2 aromatic carbocycles. The minimum Gasteiger partial charge on any atom is -0.460 e. The molecule has 2 aromatic heterocycles. The van der Waals surface area contributed by atoms with Gasteiger partial charge in [-0.05, 0) is 43.9 Å². The molecule has 2 unspecified atom stereocenters. The lowest BCUT2D eigenvalue weighted by Crippen LogP contribution is -2.51. The second-order valence-corrected chi connectivity index (χ2v) is 14.4. The number of nitrogens with one attached hydrogen (secondary N) is 1. The predicted molar refractivity (Wildman–Crippen MR) is 152 cm³/mol. The van der Waals surface area contributed by atoms with Crippen molar-refractivity contribution in [3.63, 3.8) is 0 Å². The van der Waals surface area contributed by atoms with E-state index in [-0.39, 0.29) is 49.0 Å². The largest absolute Gasteiger partial charge is 0.460 e. The van der Waals surface area contributed by atoms with Gasteiger partial charge in [-0.15, -0.1) is 0 Å². The summed E-state index contributed by atoms with van der Waals surface area (Å²) in [5.41, 5.74) is 6.42. The third-order valence-corrected chi connectivity index (χ3v) is 10.8. The van der Waals surface area contributed by atoms with Crippen LogP contribution in [0.2, 0.25) is 5.02 Å². The normalized spacial score (nSPS) is 22.8. The summed E-state index contributed by atoms with van der Waals surface area (Å²) >= 11 is 7.71. The number of nitrogen functional groups attached to an aromatic ring is 1. The van der Waals surface area contributed by atoms with Crippen LogP contribution in [0, 0.1) is 11.6 Å². The first-order valence-electron chi connectivity index (χ1n) is 13.1. The molecule has 0 aliphatic carbocycles. The highest BCUT2D eigenvalue weighted by molar-refractivity contribution is 7.91. The molecular formula is C26H25ClF2N6O3S2. The number of nitrogens with zero attached hydrogens (tertiary/aromatic N) is 4. The molecule has 3 aliphatic rings. The van der Waals surface area contributed by atoms with Crippen LogP contribution < -0.4 is 20.7 Å². The average Bonchev–Trinajstić information content (AvgIpc) is 3.48. The number of fused-ring (bicyclic) bond motifs is 4. The molecule has 0 spiro atoms. The summed E-state index contributed by atoms with van der Waals surface area (Å²) < 4.78 is 61.2. The Balaban J connectivity index is 1.39. The number of thiazole rings is 1. The number of nitrogens with two attached hydrogens (primary N) is 1. The van der Waals surface area contributed by atoms with E-state index in [0.717, 1.165) is 24.2 Å². The molecule has 4 aromatic rings. The Bertz CT molecular complexity index is 1760. The minimum absolute atomic E-state index is 0.00869. The zero-order valence-corrected chi connectivity index (χ0v) is 23.6. The number of aromatic nitrogens is 3. The number of rotatable bonds is 4. The van der Waals surface area contributed by atoms with Crippen LogP contribution in [0.25, 0.3) is 32.2 Å². The molecule has 2 bridgehead atoms. The van der Waals surface area contributed by atoms with Crippen LogP contribution in [0.1, 0.15) is 25.7 Å². The van der Waals surface area contributed by atoms with Crippen molar-refractivity contribution in [2.24, 2.45) is 0 Å². The molecule has 40 heavy (non-hydrogen) atoms. The zero-order valence-electron chi connectivity index (χ0n) is 21.2. The number of anilines is 2. The highest BCUT2D eigenvalue weighted by Crippen LogP contribution is 2.43. The van der Waals surface area contributed by atoms with Crippen molar-refractivity contribution in [2.45, 2.75) is 43.9 Å². The van der Waals surface area contributed by atoms with E-state index in [1.54, 1.807) is 6.07 Å². The van der Waals surface area contributed by atoms with Gasteiger partial charge >= 0.3 is 6.01 Å². The first kappa shape index (κ1) is 26.1. The molecule has 9 nitrogen and oxygen atoms in total. The molecule has 0 amide bonds. The van der Waals surface area contributed by atoms with E-state index >= 15 is 4.39 Å². The Hall–Kier alpha value is -2.87. The number of ether oxygens (including phenoxy) is 1. The number of hydrogen-bond acceptors (Lipinski definition) is 10. The Kier molecular flexibility index (Phi) is 6.26. The maximum atomic E-state index is 16.5. The fourth-order valence-electron chi connectivity index (χ4n) is 6.00. The van der Waals surface area contributed by atoms with E-state index in [1.165, 1.54) is 12.1 Å². The van der Waals surface area contributed by atoms with Crippen molar-refractivity contribution in [3.8, 4) is 17.1 Å². The summed E-state index contributed by atoms with van der Waals surface area (Å²) in [6, 6.07) is 4.87. The summed E-state index contributed by atoms with van der Waals surface area (Å²) in [6.45, 7) is 1.36. The molecule has 14 heteroatoms. The smallest absolute Gasteiger partial charge is 0.319 e. The van der Waals surface area contributed by atoms with Crippen LogP contribution in [-0.4, -0.2) is 66.2 Å². The van der Waals surface area contributed by atoms with E-state index in [1.807, 2.05) is 0 Å². The summed E-state index contributed by atoms with van der Waals surface area (Å²) in [5, 5.41) is 4.28. The second-order valence-electron chi connectivity index (χ2n) is 10.6. The Morgan fingerprint density at radius 1 is 1.05 bits per heavy atom. The first-order valence-corrected chi connectivity index (χ1v) is 16.1. The fourth-order valence-corrected chi connectivity index (χ4v) is 8.51. The van der Waals surface area contributed by atoms with Crippen LogP contribution in [-0.2, 0) is 9.84 Å². The van der Waals surface area contributed by atoms with Gasteiger partial charge in [0.15, 0.2) is 20.8 Å². The molecule has 3 fully saturated rings. The first-order chi connectivity index (χ1) is 19.1. The van der Waals surface area contributed by atoms with E-state index in [2.05, 4.69) is 20.2 Å². The summed E-state index contributed by atoms with van der Waals surface area (Å²) in [6.07, 6.45) is 2.30. The average molecular weight is 607 g/mol. The molecular weight excluding hydrogens is 582 g/mol. The quantitative estimate of drug-likeness (QED) is 0.350. The fraction of sp³-hybridized carbons (Fsp3) is 0.423. The lowest BCUT2D eigenvalue weighted by molar-refractivity contribution is 0.174. The maximum absolute atomic E-state index is 16.5. The third kappa shape index (κ3) is 4.52. The van der Waals surface area contributed by atoms with Gasteiger partial charge in [-0.3, -0.25) is 0 Å². The molecule has 0 saturated carbocycles. The molecule has 7 rings (SSSR count). The van der Waals surface area contributed by atoms with Crippen molar-refractivity contribution in [1.29, 1.82) is 0 Å². The summed E-state index contributed by atoms with van der Waals surface area (Å²) in [5.74, 6) is -0.667. The molecule has 210 valence electrons. The molecule has 2 atom stereocenters. The zero-order chi connectivity index (χ0) is 27.8. The van der Waals surface area contributed by atoms with Gasteiger partial charge in [-0.2, -0.15) is 9.97 Å². The van der Waals surface area contributed by atoms with Crippen LogP contribution in [0.3, 0.4) is 0 Å². The molecule has 3 aliphatic heterocycles. The molecule has 5 heterocycles. The van der Waals surface area contributed by atoms with Crippen LogP contribution in [0.5, 0.6) is 6.01 Å². The third-order valence-electron chi connectivity index (χ3n) is 7.91. The Morgan fingerprint density at radius 3 is 2.50 bits per heavy atom. The number of benzene rings is 2. The van der Waals surface area contributed by atoms with Gasteiger partial charge in [0.25, 0.3) is 0 Å². The standard InChI is InChI=1S/C26H25ClF2N6O3S2/c27-17-9-16-21(20(29)19(17)15-3-4-18(28)23-22(15)32-25(30)39-23)33-26(38-14-5-7-40(36,37)8-6-14)34-24(16)35-10-12-1-2-13(11-35)31-12/h3-4,9,12-14,31H,1-2,5-8,10-11H2,(H2,30,32). The summed E-state index contributed by atoms with van der Waals surface area (Å²) in [4.78, 5) is 15.5. The van der Waals surface area contributed by atoms with Gasteiger partial charge < -0.3 is 20.7 Å². The van der Waals surface area contributed by atoms with Gasteiger partial charge in [-0.25, -0.2) is 22.2 Å². The van der Waals surface area contributed by atoms with E-state index in [4.69, 9.17) is 27.1 Å². The lowest BCUT2D eigenvalue weighted by Gasteiger charge is -2.34. The maximum Gasteiger partial charge on any atom is 0.319 e. The van der Waals surface area contributed by atoms with Gasteiger partial charge in [0.05, 0.1) is 26.7 Å². The second kappa shape index (κ2) is 9.61. The van der Waals surface area contributed by atoms with Gasteiger partial charge in [0, 0.05) is 41.7 Å². The highest BCUT2D eigenvalue weighted by Gasteiger charge is 2.35. The summed E-state index contributed by atoms with van der Waals surface area (Å²) in [7, 11) is -3.09. The van der Waals surface area contributed by atoms with Gasteiger partial charge in [0.2, 0.25) is 0 Å². The van der Waals surface area contributed by atoms with Crippen molar-refractivity contribution >= 4 is 64.8 Å². The Morgan fingerprint density at radius 2 is 1.77 bits per heavy atom. The van der Waals surface area contributed by atoms with Crippen molar-refractivity contribution in [3.05, 3.63) is 34.9 Å². The SMILES string of the molecule is Nc1nc2c(-c3c(Cl)cc4c(N5CC6CCC(C5)N6)nc(OC5CCS(=O)(=O)CC5)nc4c3F)ccc(F)c2s1. The monoisotopic (exact) mass is 606 g/mol. The van der Waals surface area contributed by atoms with Crippen LogP contribution in [0.15, 0.2) is 18.2 Å². The van der Waals surface area contributed by atoms with E-state index < -0.39 is 27.6 Å². The number of sulfone groups is 1. The topological polar surface area (TPSA) is 123 Å². The van der Waals surface area contributed by atoms with Crippen LogP contribution in [0.4, 0.5) is 19.7 Å². The highest BCUT2D eigenvalue weighted by atomic mass is 35.5. The molecule has 3 saturated heterocycles. The number of piperazine rings is 1. The number of halogens is 3. The molecule has 0 radical (unpaired) electrons. The molecule has 3 N–H and O–H groups in total. The number of hydrogen-bond donors (Lipinski definition) is 2. The van der Waals surface area contributed by atoms with Crippen molar-refractivity contribution < 1.29 is 21.9 Å². The van der Waals surface area contributed by atoms with Crippen molar-refractivity contribution in [1.82, 2.24) is 20.3 Å². The lowest BCUT2D eigenvalue weighted by atomic mass is 10.0. The van der Waals surface area contributed by atoms with Gasteiger partial charge in [-0.1, -0.05) is 22.9 Å². The minimum atomic E-state index is -3.09. The van der Waals surface area contributed by atoms with Gasteiger partial charge in [0.1, 0.15) is 23.3 Å². The van der Waals surface area contributed by atoms with E-state index in [9.17, 15) is 12.8 Å². The van der Waals surface area contributed by atoms with E-state index in [0.29, 0.717) is 54.8 Å².